The summed E-state index contributed by atoms with van der Waals surface area (Å²) in [5, 5.41) is 3.57. The first-order valence-corrected chi connectivity index (χ1v) is 31.1. The molecule has 37 heteroatoms. The monoisotopic (exact) mass is 1310 g/mol. The molecule has 27 nitrogen and oxygen atoms in total. The summed E-state index contributed by atoms with van der Waals surface area (Å²) in [6.07, 6.45) is 2.54. The molecule has 4 aromatic carbocycles. The van der Waals surface area contributed by atoms with Crippen molar-refractivity contribution >= 4 is 105 Å². The largest absolute Gasteiger partial charge is 2.00 e. The van der Waals surface area contributed by atoms with Crippen LogP contribution in [0.2, 0.25) is 0 Å². The van der Waals surface area contributed by atoms with Crippen LogP contribution in [0.5, 0.6) is 0 Å². The quantitative estimate of drug-likeness (QED) is 0.0418. The minimum atomic E-state index is -4.33. The number of rotatable bonds is 13. The number of nitrogens with zero attached hydrogens (tertiary/aromatic N) is 8. The molecule has 0 aliphatic carbocycles. The van der Waals surface area contributed by atoms with Crippen molar-refractivity contribution in [3.8, 4) is 45.6 Å². The van der Waals surface area contributed by atoms with Crippen molar-refractivity contribution in [2.75, 3.05) is 55.7 Å². The first-order chi connectivity index (χ1) is 34.4. The molecule has 0 fully saturated rings. The Kier molecular flexibility index (Phi) is 29.5. The first kappa shape index (κ1) is 73.3. The summed E-state index contributed by atoms with van der Waals surface area (Å²) in [5.74, 6) is 0.0441. The van der Waals surface area contributed by atoms with Gasteiger partial charge in [-0.05, 0) is 21.5 Å². The van der Waals surface area contributed by atoms with E-state index in [1.807, 2.05) is 112 Å². The molecule has 396 valence electrons. The van der Waals surface area contributed by atoms with Crippen LogP contribution in [-0.2, 0) is 84.3 Å². The van der Waals surface area contributed by atoms with E-state index in [9.17, 15) is 64.2 Å². The fraction of sp³-hybridized carbons (Fsp3) is 0.220. The zero-order valence-electron chi connectivity index (χ0n) is 42.2. The minimum Gasteiger partial charge on any atom is -0.748 e. The van der Waals surface area contributed by atoms with Gasteiger partial charge in [-0.3, -0.25) is 0 Å². The Balaban J connectivity index is 0.000000455. The zero-order chi connectivity index (χ0) is 54.3. The Labute approximate surface area is 589 Å². The van der Waals surface area contributed by atoms with Crippen LogP contribution < -0.4 is 179 Å². The standard InChI is InChI=1S/C32H16N8.C3H9NO6S2.2C3H9NO5S2.3K.Zn/c1-2-10-18-17(9-1)25-33-26(18)38-28-21-13-5-6-14-22(21)30(35-28)40-32-24-16-8-7-15-23(24)31(36-32)39-29-20-12-4-3-11-19(20)27(34-29)37-25;1-11(5,6)10-4-2-3-12(7,8)9;2*1-10(5,6)4-2-3-11(7,8)9;;;;/h1-16H;4H,2-3H2,1H3,(H,7,8,9);2*4H,2-3H2,1H3,(H,7,8,9);;;;/q-2;;;;3*+1;+2/p-3. The molecule has 9 rings (SSSR count). The van der Waals surface area contributed by atoms with Crippen molar-refractivity contribution < 1.29 is 242 Å². The fourth-order valence-electron chi connectivity index (χ4n) is 6.48. The molecule has 5 heterocycles. The van der Waals surface area contributed by atoms with E-state index in [1.165, 1.54) is 0 Å². The molecule has 0 saturated heterocycles. The van der Waals surface area contributed by atoms with Gasteiger partial charge in [0.05, 0.1) is 89.7 Å². The normalized spacial score (nSPS) is 11.9. The number of aromatic nitrogens is 8. The number of nitrogens with one attached hydrogen (secondary N) is 3. The Morgan fingerprint density at radius 3 is 0.885 bits per heavy atom. The van der Waals surface area contributed by atoms with E-state index < -0.39 is 77.8 Å². The molecule has 0 radical (unpaired) electrons. The van der Waals surface area contributed by atoms with Crippen molar-refractivity contribution in [2.45, 2.75) is 0 Å². The van der Waals surface area contributed by atoms with Gasteiger partial charge in [0.1, 0.15) is 0 Å². The number of hydrogen-bond acceptors (Lipinski definition) is 23. The van der Waals surface area contributed by atoms with Crippen LogP contribution in [0.15, 0.2) is 97.1 Å². The van der Waals surface area contributed by atoms with E-state index in [-0.39, 0.29) is 193 Å². The summed E-state index contributed by atoms with van der Waals surface area (Å²) in [6, 6.07) is 31.8. The van der Waals surface area contributed by atoms with Gasteiger partial charge in [-0.15, -0.1) is 0 Å². The number of benzene rings is 4. The summed E-state index contributed by atoms with van der Waals surface area (Å²) in [4.78, 5) is 39.3. The van der Waals surface area contributed by atoms with Crippen molar-refractivity contribution in [1.82, 2.24) is 54.8 Å². The number of hydrogen-bond donors (Lipinski definition) is 3. The maximum Gasteiger partial charge on any atom is 2.00 e. The van der Waals surface area contributed by atoms with E-state index >= 15 is 0 Å². The molecule has 8 bridgehead atoms. The van der Waals surface area contributed by atoms with Gasteiger partial charge in [0.25, 0.3) is 10.1 Å². The SMILES string of the molecule is CS(=O)(=O)NCCS(=O)(=O)[O-].CS(=O)(=O)NCCS(=O)(=O)[O-].CS(=O)(=O)ONCCS(=O)(=O)[O-].[K+].[K+].[K+].[Zn+2].c1ccc2c(c1)-c1nc-2nc2[n-]c(nc3nc(nc4[n-]c(n1)c1ccccc41)-c1ccccc1-3)c1ccccc21. The van der Waals surface area contributed by atoms with Gasteiger partial charge in [0.15, 0.2) is 0 Å². The number of hydroxylamine groups is 1. The van der Waals surface area contributed by atoms with Crippen LogP contribution >= 0.6 is 0 Å². The second kappa shape index (κ2) is 31.4. The molecular formula is C41H40K3N11O16S6Zn. The molecule has 2 aliphatic rings. The van der Waals surface area contributed by atoms with Gasteiger partial charge in [0, 0.05) is 64.5 Å². The summed E-state index contributed by atoms with van der Waals surface area (Å²) < 4.78 is 159. The minimum absolute atomic E-state index is 0. The summed E-state index contributed by atoms with van der Waals surface area (Å²) in [7, 11) is -23.4. The number of sulfonamides is 2. The van der Waals surface area contributed by atoms with E-state index in [0.717, 1.165) is 62.6 Å². The van der Waals surface area contributed by atoms with E-state index in [0.29, 0.717) is 45.9 Å². The molecule has 2 aliphatic heterocycles. The van der Waals surface area contributed by atoms with Crippen molar-refractivity contribution in [3.05, 3.63) is 97.1 Å². The third-order valence-corrected chi connectivity index (χ3v) is 13.4. The van der Waals surface area contributed by atoms with Gasteiger partial charge in [-0.2, -0.15) is 18.2 Å². The topological polar surface area (TPSA) is 425 Å². The Morgan fingerprint density at radius 1 is 0.410 bits per heavy atom. The van der Waals surface area contributed by atoms with Crippen LogP contribution in [0.4, 0.5) is 0 Å². The van der Waals surface area contributed by atoms with Crippen LogP contribution in [0.25, 0.3) is 89.7 Å². The third-order valence-electron chi connectivity index (χ3n) is 9.43. The van der Waals surface area contributed by atoms with Gasteiger partial charge in [0.2, 0.25) is 20.0 Å². The molecule has 3 N–H and O–H groups in total. The second-order valence-electron chi connectivity index (χ2n) is 15.5. The molecule has 0 saturated carbocycles. The molecule has 0 atom stereocenters. The summed E-state index contributed by atoms with van der Waals surface area (Å²) >= 11 is 0. The van der Waals surface area contributed by atoms with Crippen LogP contribution in [-0.4, -0.2) is 150 Å². The van der Waals surface area contributed by atoms with E-state index in [1.54, 1.807) is 0 Å². The molecular weight excluding hydrogens is 1280 g/mol. The zero-order valence-corrected chi connectivity index (χ0v) is 59.5. The number of fused-ring (bicyclic) bond motifs is 20. The average molecular weight is 1320 g/mol. The summed E-state index contributed by atoms with van der Waals surface area (Å²) in [6.45, 7) is -1.10. The molecule has 0 spiro atoms. The van der Waals surface area contributed by atoms with Crippen molar-refractivity contribution in [3.63, 3.8) is 0 Å². The third kappa shape index (κ3) is 23.7. The average Bonchev–Trinajstić information content (AvgIpc) is 4.02. The Morgan fingerprint density at radius 2 is 0.654 bits per heavy atom. The smallest absolute Gasteiger partial charge is 0.748 e. The van der Waals surface area contributed by atoms with Crippen molar-refractivity contribution in [2.24, 2.45) is 0 Å². The molecule has 7 aromatic rings. The Hall–Kier alpha value is -0.808. The van der Waals surface area contributed by atoms with E-state index in [2.05, 4.69) is 4.28 Å². The van der Waals surface area contributed by atoms with E-state index in [4.69, 9.17) is 39.9 Å². The van der Waals surface area contributed by atoms with Crippen molar-refractivity contribution in [1.29, 1.82) is 0 Å². The van der Waals surface area contributed by atoms with Crippen LogP contribution in [0, 0.1) is 0 Å². The predicted octanol–water partition coefficient (Wildman–Crippen LogP) is -8.69. The summed E-state index contributed by atoms with van der Waals surface area (Å²) in [5.41, 5.74) is 7.60. The molecule has 0 amide bonds. The second-order valence-corrected chi connectivity index (χ2v) is 25.3. The van der Waals surface area contributed by atoms with Gasteiger partial charge >= 0.3 is 174 Å². The van der Waals surface area contributed by atoms with Crippen LogP contribution in [0.1, 0.15) is 0 Å². The van der Waals surface area contributed by atoms with Gasteiger partial charge in [-0.25, -0.2) is 61.5 Å². The molecule has 3 aromatic heterocycles. The Bertz CT molecular complexity index is 3660. The molecule has 78 heavy (non-hydrogen) atoms. The predicted molar refractivity (Wildman–Crippen MR) is 267 cm³/mol. The first-order valence-electron chi connectivity index (χ1n) is 20.8. The maximum absolute atomic E-state index is 10.3. The van der Waals surface area contributed by atoms with Gasteiger partial charge < -0.3 is 43.6 Å². The molecule has 0 unspecified atom stereocenters. The fourth-order valence-corrected chi connectivity index (χ4v) is 9.02. The van der Waals surface area contributed by atoms with Crippen LogP contribution in [0.3, 0.4) is 0 Å². The van der Waals surface area contributed by atoms with Gasteiger partial charge in [-0.1, -0.05) is 97.1 Å². The maximum atomic E-state index is 10.3.